The third kappa shape index (κ3) is 3.39. The van der Waals surface area contributed by atoms with Gasteiger partial charge in [0.25, 0.3) is 0 Å². The minimum absolute atomic E-state index is 0.740. The molecule has 1 aliphatic heterocycles. The monoisotopic (exact) mass is 618 g/mol. The Hall–Kier alpha value is -5.65. The topological polar surface area (TPSA) is 35.6 Å². The molecule has 6 aromatic carbocycles. The molecule has 0 fully saturated rings. The fraction of sp³-hybridized carbons (Fsp3) is 0.0476. The van der Waals surface area contributed by atoms with E-state index in [9.17, 15) is 0 Å². The Kier molecular flexibility index (Phi) is 5.13. The summed E-state index contributed by atoms with van der Waals surface area (Å²) in [5.41, 5.74) is 10.5. The largest absolute Gasteiger partial charge is 0.309 e. The zero-order valence-corrected chi connectivity index (χ0v) is 26.1. The van der Waals surface area contributed by atoms with Crippen LogP contribution in [-0.4, -0.2) is 19.1 Å². The molecule has 5 heteroatoms. The molecule has 0 saturated heterocycles. The molecule has 0 unspecified atom stereocenters. The van der Waals surface area contributed by atoms with Crippen LogP contribution in [0.15, 0.2) is 137 Å². The number of rotatable bonds is 2. The van der Waals surface area contributed by atoms with Gasteiger partial charge in [0, 0.05) is 64.6 Å². The Labute approximate surface area is 274 Å². The van der Waals surface area contributed by atoms with E-state index in [-0.39, 0.29) is 0 Å². The lowest BCUT2D eigenvalue weighted by Crippen LogP contribution is -2.09. The summed E-state index contributed by atoms with van der Waals surface area (Å²) in [5.74, 6) is 0.740. The molecule has 0 spiro atoms. The van der Waals surface area contributed by atoms with Crippen LogP contribution in [0, 0.1) is 0 Å². The van der Waals surface area contributed by atoms with Gasteiger partial charge in [0.15, 0.2) is 0 Å². The second-order valence-corrected chi connectivity index (χ2v) is 13.5. The Morgan fingerprint density at radius 3 is 2.17 bits per heavy atom. The first kappa shape index (κ1) is 25.5. The van der Waals surface area contributed by atoms with Gasteiger partial charge in [0.1, 0.15) is 0 Å². The standard InChI is InChI=1S/C42H26N4S/c1-2-13-25(14-3-1)45-32-21-9-6-17-28(32)36-37-29-18-7-10-22-33(29)46(41(37)27-16-5-4-15-26(27)40(36)45)42-43-31-20-12-24-35-38(31)39(44-42)30-19-8-11-23-34(30)47-35/h1-9,11-21,23-24H,10,22H2. The second kappa shape index (κ2) is 9.44. The molecule has 0 bridgehead atoms. The van der Waals surface area contributed by atoms with E-state index in [0.29, 0.717) is 0 Å². The highest BCUT2D eigenvalue weighted by Crippen LogP contribution is 2.49. The first-order chi connectivity index (χ1) is 23.3. The Morgan fingerprint density at radius 1 is 0.574 bits per heavy atom. The average Bonchev–Trinajstić information content (AvgIpc) is 3.66. The molecule has 0 N–H and O–H groups in total. The molecule has 0 amide bonds. The minimum Gasteiger partial charge on any atom is -0.309 e. The van der Waals surface area contributed by atoms with Crippen molar-refractivity contribution in [2.24, 2.45) is 0 Å². The van der Waals surface area contributed by atoms with Crippen molar-refractivity contribution < 1.29 is 0 Å². The molecule has 3 aromatic heterocycles. The fourth-order valence-corrected chi connectivity index (χ4v) is 9.20. The SMILES string of the molecule is C1=Cc2c(n(-c3nc4c5c(cccc5n3)Sc3ccccc3-4)c3c4ccccc4c4c(c5ccccc5n4-c4ccccc4)c23)CC1. The average molecular weight is 619 g/mol. The maximum absolute atomic E-state index is 5.48. The molecule has 0 atom stereocenters. The zero-order valence-electron chi connectivity index (χ0n) is 25.3. The predicted molar refractivity (Wildman–Crippen MR) is 195 cm³/mol. The van der Waals surface area contributed by atoms with Gasteiger partial charge < -0.3 is 4.57 Å². The molecule has 220 valence electrons. The van der Waals surface area contributed by atoms with Crippen molar-refractivity contribution in [3.8, 4) is 22.9 Å². The van der Waals surface area contributed by atoms with Gasteiger partial charge in [0.05, 0.1) is 27.8 Å². The summed E-state index contributed by atoms with van der Waals surface area (Å²) in [4.78, 5) is 13.3. The van der Waals surface area contributed by atoms with Gasteiger partial charge in [-0.2, -0.15) is 0 Å². The van der Waals surface area contributed by atoms with Crippen LogP contribution in [-0.2, 0) is 6.42 Å². The molecule has 0 radical (unpaired) electrons. The molecule has 9 aromatic rings. The molecule has 0 saturated carbocycles. The third-order valence-electron chi connectivity index (χ3n) is 9.95. The van der Waals surface area contributed by atoms with Crippen molar-refractivity contribution in [2.75, 3.05) is 0 Å². The summed E-state index contributed by atoms with van der Waals surface area (Å²) < 4.78 is 4.85. The zero-order chi connectivity index (χ0) is 30.6. The summed E-state index contributed by atoms with van der Waals surface area (Å²) in [7, 11) is 0. The molecule has 1 aliphatic carbocycles. The number of fused-ring (bicyclic) bond motifs is 12. The third-order valence-corrected chi connectivity index (χ3v) is 11.1. The molecule has 47 heavy (non-hydrogen) atoms. The first-order valence-corrected chi connectivity index (χ1v) is 17.0. The molecule has 4 heterocycles. The highest BCUT2D eigenvalue weighted by atomic mass is 32.2. The molecule has 11 rings (SSSR count). The highest BCUT2D eigenvalue weighted by molar-refractivity contribution is 7.99. The van der Waals surface area contributed by atoms with Gasteiger partial charge in [-0.3, -0.25) is 4.57 Å². The molecule has 2 aliphatic rings. The van der Waals surface area contributed by atoms with Crippen molar-refractivity contribution >= 4 is 72.2 Å². The van der Waals surface area contributed by atoms with E-state index in [1.165, 1.54) is 70.1 Å². The van der Waals surface area contributed by atoms with Gasteiger partial charge in [-0.25, -0.2) is 9.97 Å². The lowest BCUT2D eigenvalue weighted by atomic mass is 9.96. The van der Waals surface area contributed by atoms with Gasteiger partial charge >= 0.3 is 0 Å². The van der Waals surface area contributed by atoms with E-state index in [2.05, 4.69) is 143 Å². The van der Waals surface area contributed by atoms with Crippen LogP contribution in [0.25, 0.3) is 83.4 Å². The fourth-order valence-electron chi connectivity index (χ4n) is 8.09. The Balaban J connectivity index is 1.36. The summed E-state index contributed by atoms with van der Waals surface area (Å²) in [5, 5.41) is 7.39. The summed E-state index contributed by atoms with van der Waals surface area (Å²) in [6, 6.07) is 43.6. The first-order valence-electron chi connectivity index (χ1n) is 16.2. The summed E-state index contributed by atoms with van der Waals surface area (Å²) >= 11 is 1.81. The van der Waals surface area contributed by atoms with Crippen LogP contribution in [0.2, 0.25) is 0 Å². The number of hydrogen-bond acceptors (Lipinski definition) is 3. The van der Waals surface area contributed by atoms with Gasteiger partial charge in [-0.05, 0) is 49.2 Å². The van der Waals surface area contributed by atoms with Crippen LogP contribution in [0.1, 0.15) is 17.7 Å². The number of benzene rings is 6. The van der Waals surface area contributed by atoms with E-state index in [1.54, 1.807) is 0 Å². The number of nitrogens with zero attached hydrogens (tertiary/aromatic N) is 4. The van der Waals surface area contributed by atoms with Gasteiger partial charge in [0.2, 0.25) is 5.95 Å². The lowest BCUT2D eigenvalue weighted by Gasteiger charge is -2.21. The number of aromatic nitrogens is 4. The quantitative estimate of drug-likeness (QED) is 0.193. The molecular formula is C42H26N4S. The number of hydrogen-bond donors (Lipinski definition) is 0. The molecular weight excluding hydrogens is 593 g/mol. The van der Waals surface area contributed by atoms with Crippen molar-refractivity contribution in [1.82, 2.24) is 19.1 Å². The van der Waals surface area contributed by atoms with E-state index in [0.717, 1.165) is 41.1 Å². The maximum Gasteiger partial charge on any atom is 0.235 e. The molecule has 4 nitrogen and oxygen atoms in total. The van der Waals surface area contributed by atoms with Crippen molar-refractivity contribution in [2.45, 2.75) is 22.6 Å². The van der Waals surface area contributed by atoms with Gasteiger partial charge in [-0.15, -0.1) is 0 Å². The van der Waals surface area contributed by atoms with E-state index >= 15 is 0 Å². The van der Waals surface area contributed by atoms with E-state index in [1.807, 2.05) is 11.8 Å². The highest BCUT2D eigenvalue weighted by Gasteiger charge is 2.29. The summed E-state index contributed by atoms with van der Waals surface area (Å²) in [6.45, 7) is 0. The Morgan fingerprint density at radius 2 is 1.30 bits per heavy atom. The van der Waals surface area contributed by atoms with Crippen molar-refractivity contribution in [1.29, 1.82) is 0 Å². The van der Waals surface area contributed by atoms with Crippen LogP contribution in [0.3, 0.4) is 0 Å². The minimum atomic E-state index is 0.740. The van der Waals surface area contributed by atoms with E-state index < -0.39 is 0 Å². The normalized spacial score (nSPS) is 13.6. The van der Waals surface area contributed by atoms with Crippen LogP contribution >= 0.6 is 11.8 Å². The number of para-hydroxylation sites is 2. The number of allylic oxidation sites excluding steroid dienone is 1. The van der Waals surface area contributed by atoms with E-state index in [4.69, 9.17) is 9.97 Å². The van der Waals surface area contributed by atoms with Gasteiger partial charge in [-0.1, -0.05) is 109 Å². The van der Waals surface area contributed by atoms with Crippen LogP contribution in [0.4, 0.5) is 0 Å². The summed E-state index contributed by atoms with van der Waals surface area (Å²) in [6.07, 6.45) is 6.58. The predicted octanol–water partition coefficient (Wildman–Crippen LogP) is 10.9. The smallest absolute Gasteiger partial charge is 0.235 e. The van der Waals surface area contributed by atoms with Crippen molar-refractivity contribution in [3.63, 3.8) is 0 Å². The van der Waals surface area contributed by atoms with Crippen LogP contribution in [0.5, 0.6) is 0 Å². The lowest BCUT2D eigenvalue weighted by molar-refractivity contribution is 0.853. The van der Waals surface area contributed by atoms with Crippen LogP contribution < -0.4 is 0 Å². The van der Waals surface area contributed by atoms with Crippen molar-refractivity contribution in [3.05, 3.63) is 139 Å². The second-order valence-electron chi connectivity index (χ2n) is 12.4. The Bertz CT molecular complexity index is 2820. The maximum atomic E-state index is 5.48.